The highest BCUT2D eigenvalue weighted by molar-refractivity contribution is 4.77. The molecule has 19 heavy (non-hydrogen) atoms. The van der Waals surface area contributed by atoms with Crippen molar-refractivity contribution in [2.24, 2.45) is 0 Å². The maximum Gasteiger partial charge on any atom is 0.232 e. The lowest BCUT2D eigenvalue weighted by atomic mass is 9.91. The normalized spacial score (nSPS) is 15.7. The van der Waals surface area contributed by atoms with E-state index in [1.807, 2.05) is 6.92 Å². The van der Waals surface area contributed by atoms with E-state index in [9.17, 15) is 25.3 Å². The van der Waals surface area contributed by atoms with E-state index in [2.05, 4.69) is 0 Å². The fraction of sp³-hybridized carbons (Fsp3) is 1.00. The van der Waals surface area contributed by atoms with Crippen LogP contribution in [0.3, 0.4) is 0 Å². The topological polar surface area (TPSA) is 107 Å². The van der Waals surface area contributed by atoms with E-state index < -0.39 is 23.1 Å². The van der Waals surface area contributed by atoms with Gasteiger partial charge in [-0.25, -0.2) is 0 Å². The average molecular weight is 276 g/mol. The van der Waals surface area contributed by atoms with Crippen molar-refractivity contribution in [3.63, 3.8) is 0 Å². The first-order valence-electron chi connectivity index (χ1n) is 6.82. The Bertz CT molecular complexity index is 298. The van der Waals surface area contributed by atoms with Crippen LogP contribution < -0.4 is 0 Å². The summed E-state index contributed by atoms with van der Waals surface area (Å²) in [6, 6.07) is -0.712. The van der Waals surface area contributed by atoms with E-state index in [1.165, 1.54) is 0 Å². The van der Waals surface area contributed by atoms with Crippen LogP contribution >= 0.6 is 0 Å². The molecule has 0 heterocycles. The van der Waals surface area contributed by atoms with Gasteiger partial charge >= 0.3 is 0 Å². The molecule has 0 aromatic rings. The summed E-state index contributed by atoms with van der Waals surface area (Å²) in [5.41, 5.74) is -1.43. The maximum absolute atomic E-state index is 10.9. The van der Waals surface area contributed by atoms with Gasteiger partial charge in [0.1, 0.15) is 5.60 Å². The Kier molecular flexibility index (Phi) is 8.22. The molecule has 0 aromatic carbocycles. The van der Waals surface area contributed by atoms with Crippen LogP contribution in [0.15, 0.2) is 0 Å². The van der Waals surface area contributed by atoms with Gasteiger partial charge in [0, 0.05) is 22.7 Å². The van der Waals surface area contributed by atoms with Crippen LogP contribution in [-0.2, 0) is 0 Å². The van der Waals surface area contributed by atoms with Crippen LogP contribution in [0.25, 0.3) is 0 Å². The van der Waals surface area contributed by atoms with Crippen LogP contribution in [0.2, 0.25) is 0 Å². The minimum atomic E-state index is -1.43. The second kappa shape index (κ2) is 8.79. The summed E-state index contributed by atoms with van der Waals surface area (Å²) in [5.74, 6) is 0. The largest absolute Gasteiger partial charge is 0.383 e. The highest BCUT2D eigenvalue weighted by Gasteiger charge is 2.33. The van der Waals surface area contributed by atoms with Crippen LogP contribution in [0.5, 0.6) is 0 Å². The van der Waals surface area contributed by atoms with Gasteiger partial charge in [-0.3, -0.25) is 20.2 Å². The minimum Gasteiger partial charge on any atom is -0.383 e. The molecule has 0 radical (unpaired) electrons. The highest BCUT2D eigenvalue weighted by atomic mass is 16.6. The van der Waals surface area contributed by atoms with E-state index in [-0.39, 0.29) is 24.2 Å². The van der Waals surface area contributed by atoms with Crippen LogP contribution in [0.4, 0.5) is 0 Å². The molecule has 2 unspecified atom stereocenters. The molecular weight excluding hydrogens is 252 g/mol. The zero-order valence-electron chi connectivity index (χ0n) is 11.7. The van der Waals surface area contributed by atoms with Crippen molar-refractivity contribution in [2.75, 3.05) is 6.54 Å². The number of nitro groups is 2. The second-order valence-corrected chi connectivity index (χ2v) is 5.04. The second-order valence-electron chi connectivity index (χ2n) is 5.04. The number of hydrogen-bond acceptors (Lipinski definition) is 5. The highest BCUT2D eigenvalue weighted by Crippen LogP contribution is 2.21. The third-order valence-electron chi connectivity index (χ3n) is 3.46. The molecule has 0 aromatic heterocycles. The zero-order valence-corrected chi connectivity index (χ0v) is 11.7. The first-order chi connectivity index (χ1) is 8.84. The summed E-state index contributed by atoms with van der Waals surface area (Å²) in [5, 5.41) is 31.4. The summed E-state index contributed by atoms with van der Waals surface area (Å²) in [4.78, 5) is 20.5. The summed E-state index contributed by atoms with van der Waals surface area (Å²) < 4.78 is 0. The number of nitrogens with zero attached hydrogens (tertiary/aromatic N) is 2. The Morgan fingerprint density at radius 2 is 1.79 bits per heavy atom. The lowest BCUT2D eigenvalue weighted by Crippen LogP contribution is -2.38. The van der Waals surface area contributed by atoms with E-state index in [0.717, 1.165) is 19.3 Å². The van der Waals surface area contributed by atoms with Gasteiger partial charge in [0.15, 0.2) is 0 Å². The van der Waals surface area contributed by atoms with Gasteiger partial charge in [0.05, 0.1) is 0 Å². The molecule has 0 aliphatic carbocycles. The van der Waals surface area contributed by atoms with Crippen molar-refractivity contribution in [1.82, 2.24) is 0 Å². The predicted octanol–water partition coefficient (Wildman–Crippen LogP) is 2.41. The van der Waals surface area contributed by atoms with E-state index in [4.69, 9.17) is 0 Å². The third-order valence-corrected chi connectivity index (χ3v) is 3.46. The fourth-order valence-corrected chi connectivity index (χ4v) is 2.03. The van der Waals surface area contributed by atoms with Crippen molar-refractivity contribution in [3.05, 3.63) is 20.2 Å². The molecule has 0 aliphatic heterocycles. The first kappa shape index (κ1) is 17.8. The molecule has 0 spiro atoms. The standard InChI is InChI=1S/C12H24N2O5/c1-3-5-6-7-11(14(18)19)8-9-12(15,4-2)10-13(16)17/h11,15H,3-10H2,1-2H3. The Balaban J connectivity index is 4.34. The molecule has 0 saturated carbocycles. The molecule has 7 nitrogen and oxygen atoms in total. The summed E-state index contributed by atoms with van der Waals surface area (Å²) in [6.07, 6.45) is 3.70. The Labute approximate surface area is 113 Å². The molecule has 112 valence electrons. The van der Waals surface area contributed by atoms with E-state index >= 15 is 0 Å². The van der Waals surface area contributed by atoms with Crippen LogP contribution in [-0.4, -0.2) is 33.1 Å². The average Bonchev–Trinajstić information content (AvgIpc) is 2.32. The smallest absolute Gasteiger partial charge is 0.232 e. The van der Waals surface area contributed by atoms with Crippen molar-refractivity contribution >= 4 is 0 Å². The molecule has 0 rings (SSSR count). The fourth-order valence-electron chi connectivity index (χ4n) is 2.03. The molecule has 0 bridgehead atoms. The molecule has 0 aliphatic rings. The summed E-state index contributed by atoms with van der Waals surface area (Å²) in [6.45, 7) is 3.12. The minimum absolute atomic E-state index is 0.0995. The Hall–Kier alpha value is -1.24. The lowest BCUT2D eigenvalue weighted by molar-refractivity contribution is -0.527. The molecule has 0 saturated heterocycles. The monoisotopic (exact) mass is 276 g/mol. The van der Waals surface area contributed by atoms with E-state index in [0.29, 0.717) is 6.42 Å². The third kappa shape index (κ3) is 7.71. The molecule has 1 N–H and O–H groups in total. The SMILES string of the molecule is CCCCCC(CCC(O)(CC)C[N+](=O)[O-])[N+](=O)[O-]. The van der Waals surface area contributed by atoms with Gasteiger partial charge in [-0.2, -0.15) is 0 Å². The number of hydrogen-bond donors (Lipinski definition) is 1. The van der Waals surface area contributed by atoms with Gasteiger partial charge in [0.25, 0.3) is 0 Å². The molecule has 2 atom stereocenters. The van der Waals surface area contributed by atoms with Crippen LogP contribution in [0, 0.1) is 20.2 Å². The molecular formula is C12H24N2O5. The van der Waals surface area contributed by atoms with Gasteiger partial charge < -0.3 is 5.11 Å². The van der Waals surface area contributed by atoms with Crippen LogP contribution in [0.1, 0.15) is 58.8 Å². The zero-order chi connectivity index (χ0) is 14.9. The number of aliphatic hydroxyl groups is 1. The molecule has 7 heteroatoms. The van der Waals surface area contributed by atoms with Crippen molar-refractivity contribution in [1.29, 1.82) is 0 Å². The Morgan fingerprint density at radius 3 is 2.21 bits per heavy atom. The number of unbranched alkanes of at least 4 members (excludes halogenated alkanes) is 2. The van der Waals surface area contributed by atoms with Crippen molar-refractivity contribution in [3.8, 4) is 0 Å². The van der Waals surface area contributed by atoms with Gasteiger partial charge in [-0.05, 0) is 19.3 Å². The van der Waals surface area contributed by atoms with Gasteiger partial charge in [0.2, 0.25) is 12.6 Å². The lowest BCUT2D eigenvalue weighted by Gasteiger charge is -2.22. The predicted molar refractivity (Wildman–Crippen MR) is 71.3 cm³/mol. The molecule has 0 fully saturated rings. The maximum atomic E-state index is 10.9. The molecule has 0 amide bonds. The first-order valence-corrected chi connectivity index (χ1v) is 6.82. The van der Waals surface area contributed by atoms with Crippen molar-refractivity contribution in [2.45, 2.75) is 70.4 Å². The summed E-state index contributed by atoms with van der Waals surface area (Å²) >= 11 is 0. The number of rotatable bonds is 11. The summed E-state index contributed by atoms with van der Waals surface area (Å²) in [7, 11) is 0. The van der Waals surface area contributed by atoms with Crippen molar-refractivity contribution < 1.29 is 15.0 Å². The van der Waals surface area contributed by atoms with Gasteiger partial charge in [-0.15, -0.1) is 0 Å². The van der Waals surface area contributed by atoms with Gasteiger partial charge in [-0.1, -0.05) is 26.7 Å². The quantitative estimate of drug-likeness (QED) is 0.354. The van der Waals surface area contributed by atoms with E-state index in [1.54, 1.807) is 6.92 Å². The Morgan fingerprint density at radius 1 is 1.16 bits per heavy atom.